The van der Waals surface area contributed by atoms with Crippen LogP contribution in [0.2, 0.25) is 5.02 Å². The van der Waals surface area contributed by atoms with E-state index >= 15 is 0 Å². The number of phenols is 2. The minimum Gasteiger partial charge on any atom is -0.507 e. The number of hydrogen-bond donors (Lipinski definition) is 3. The molecule has 0 aliphatic heterocycles. The number of ether oxygens (including phenoxy) is 1. The molecule has 2 heterocycles. The topological polar surface area (TPSA) is 148 Å². The maximum Gasteiger partial charge on any atom is 0.360 e. The molecule has 0 atom stereocenters. The molecule has 11 heteroatoms. The van der Waals surface area contributed by atoms with E-state index in [-0.39, 0.29) is 57.2 Å². The van der Waals surface area contributed by atoms with E-state index in [4.69, 9.17) is 25.4 Å². The molecule has 0 unspecified atom stereocenters. The lowest BCUT2D eigenvalue weighted by Gasteiger charge is -2.05. The average molecular weight is 422 g/mol. The summed E-state index contributed by atoms with van der Waals surface area (Å²) in [5.41, 5.74) is -0.197. The van der Waals surface area contributed by atoms with Crippen LogP contribution in [-0.2, 0) is 4.74 Å². The second kappa shape index (κ2) is 8.23. The van der Waals surface area contributed by atoms with Crippen molar-refractivity contribution in [3.63, 3.8) is 0 Å². The Balaban J connectivity index is 2.18. The van der Waals surface area contributed by atoms with Gasteiger partial charge in [-0.1, -0.05) is 21.9 Å². The highest BCUT2D eigenvalue weighted by molar-refractivity contribution is 6.32. The second-order valence-corrected chi connectivity index (χ2v) is 6.12. The molecule has 0 bridgehead atoms. The van der Waals surface area contributed by atoms with E-state index in [1.807, 2.05) is 0 Å². The van der Waals surface area contributed by atoms with Crippen molar-refractivity contribution in [3.05, 3.63) is 34.6 Å². The molecule has 3 aromatic rings. The molecule has 0 saturated carbocycles. The van der Waals surface area contributed by atoms with Crippen molar-refractivity contribution < 1.29 is 33.6 Å². The number of nitrogens with one attached hydrogen (secondary N) is 1. The van der Waals surface area contributed by atoms with Crippen LogP contribution in [0.25, 0.3) is 22.6 Å². The van der Waals surface area contributed by atoms with Crippen molar-refractivity contribution in [2.24, 2.45) is 0 Å². The second-order valence-electron chi connectivity index (χ2n) is 5.71. The quantitative estimate of drug-likeness (QED) is 0.510. The van der Waals surface area contributed by atoms with Crippen LogP contribution in [0.1, 0.15) is 34.8 Å². The highest BCUT2D eigenvalue weighted by atomic mass is 35.5. The van der Waals surface area contributed by atoms with Crippen LogP contribution in [0.15, 0.2) is 27.2 Å². The summed E-state index contributed by atoms with van der Waals surface area (Å²) in [5, 5.41) is 29.8. The standard InChI is InChI=1S/C18H16ClN3O7/c1-3-20-17(25)15-14(13-6-10(21-28-13)18(26)27-4-2)16(29-22-15)8-5-9(19)12(24)7-11(8)23/h5-7,23-24H,3-4H2,1-2H3,(H,20,25). The Morgan fingerprint density at radius 1 is 1.14 bits per heavy atom. The van der Waals surface area contributed by atoms with Gasteiger partial charge < -0.3 is 29.3 Å². The summed E-state index contributed by atoms with van der Waals surface area (Å²) in [6, 6.07) is 3.51. The van der Waals surface area contributed by atoms with Gasteiger partial charge in [-0.2, -0.15) is 0 Å². The third kappa shape index (κ3) is 3.87. The van der Waals surface area contributed by atoms with Gasteiger partial charge in [0.05, 0.1) is 17.2 Å². The monoisotopic (exact) mass is 421 g/mol. The van der Waals surface area contributed by atoms with Crippen LogP contribution in [0, 0.1) is 0 Å². The summed E-state index contributed by atoms with van der Waals surface area (Å²) in [6.07, 6.45) is 0. The summed E-state index contributed by atoms with van der Waals surface area (Å²) in [7, 11) is 0. The van der Waals surface area contributed by atoms with Gasteiger partial charge in [0.15, 0.2) is 22.9 Å². The third-order valence-electron chi connectivity index (χ3n) is 3.80. The normalized spacial score (nSPS) is 10.7. The van der Waals surface area contributed by atoms with Gasteiger partial charge in [0.2, 0.25) is 0 Å². The van der Waals surface area contributed by atoms with Crippen molar-refractivity contribution >= 4 is 23.5 Å². The number of amides is 1. The molecule has 2 aromatic heterocycles. The molecule has 10 nitrogen and oxygen atoms in total. The Bertz CT molecular complexity index is 1070. The number of halogens is 1. The smallest absolute Gasteiger partial charge is 0.360 e. The van der Waals surface area contributed by atoms with Crippen molar-refractivity contribution in [2.45, 2.75) is 13.8 Å². The zero-order chi connectivity index (χ0) is 21.1. The number of carbonyl (C=O) groups excluding carboxylic acids is 2. The van der Waals surface area contributed by atoms with Gasteiger partial charge in [-0.3, -0.25) is 4.79 Å². The van der Waals surface area contributed by atoms with E-state index in [1.54, 1.807) is 13.8 Å². The number of esters is 1. The molecule has 152 valence electrons. The lowest BCUT2D eigenvalue weighted by Crippen LogP contribution is -2.23. The molecule has 1 aromatic carbocycles. The minimum atomic E-state index is -0.712. The number of aromatic hydroxyl groups is 2. The first kappa shape index (κ1) is 20.2. The average Bonchev–Trinajstić information content (AvgIpc) is 3.32. The van der Waals surface area contributed by atoms with Crippen LogP contribution in [0.3, 0.4) is 0 Å². The molecule has 3 rings (SSSR count). The number of hydrogen-bond acceptors (Lipinski definition) is 9. The molecule has 3 N–H and O–H groups in total. The molecule has 0 aliphatic carbocycles. The fourth-order valence-corrected chi connectivity index (χ4v) is 2.69. The minimum absolute atomic E-state index is 0.0193. The summed E-state index contributed by atoms with van der Waals surface area (Å²) in [6.45, 7) is 3.82. The fraction of sp³-hybridized carbons (Fsp3) is 0.222. The van der Waals surface area contributed by atoms with Gasteiger partial charge in [0.25, 0.3) is 5.91 Å². The molecule has 1 amide bonds. The van der Waals surface area contributed by atoms with E-state index in [2.05, 4.69) is 15.6 Å². The van der Waals surface area contributed by atoms with Crippen molar-refractivity contribution in [1.29, 1.82) is 0 Å². The predicted molar refractivity (Wildman–Crippen MR) is 99.7 cm³/mol. The molecule has 29 heavy (non-hydrogen) atoms. The molecule has 0 fully saturated rings. The number of benzene rings is 1. The van der Waals surface area contributed by atoms with Gasteiger partial charge in [-0.25, -0.2) is 4.79 Å². The number of phenolic OH excluding ortho intramolecular Hbond substituents is 2. The Kier molecular flexibility index (Phi) is 5.74. The fourth-order valence-electron chi connectivity index (χ4n) is 2.53. The van der Waals surface area contributed by atoms with Gasteiger partial charge in [0.1, 0.15) is 17.1 Å². The highest BCUT2D eigenvalue weighted by Crippen LogP contribution is 2.42. The SMILES string of the molecule is CCNC(=O)c1noc(-c2cc(Cl)c(O)cc2O)c1-c1cc(C(=O)OCC)no1. The Morgan fingerprint density at radius 2 is 1.90 bits per heavy atom. The molecule has 0 spiro atoms. The molecular formula is C18H16ClN3O7. The van der Waals surface area contributed by atoms with E-state index in [0.29, 0.717) is 6.54 Å². The van der Waals surface area contributed by atoms with E-state index in [1.165, 1.54) is 12.1 Å². The molecule has 0 aliphatic rings. The number of nitrogens with zero attached hydrogens (tertiary/aromatic N) is 2. The molecule has 0 saturated heterocycles. The van der Waals surface area contributed by atoms with Gasteiger partial charge in [-0.05, 0) is 19.9 Å². The first-order valence-corrected chi connectivity index (χ1v) is 8.89. The summed E-state index contributed by atoms with van der Waals surface area (Å²) in [5.74, 6) is -2.10. The van der Waals surface area contributed by atoms with Gasteiger partial charge in [0, 0.05) is 18.7 Å². The maximum absolute atomic E-state index is 12.4. The lowest BCUT2D eigenvalue weighted by molar-refractivity contribution is 0.0514. The van der Waals surface area contributed by atoms with Gasteiger partial charge in [-0.15, -0.1) is 0 Å². The number of carbonyl (C=O) groups is 2. The Morgan fingerprint density at radius 3 is 2.59 bits per heavy atom. The first-order chi connectivity index (χ1) is 13.9. The lowest BCUT2D eigenvalue weighted by atomic mass is 10.0. The first-order valence-electron chi connectivity index (χ1n) is 8.51. The Labute approximate surface area is 169 Å². The predicted octanol–water partition coefficient (Wildman–Crippen LogP) is 2.99. The van der Waals surface area contributed by atoms with E-state index in [9.17, 15) is 19.8 Å². The van der Waals surface area contributed by atoms with Crippen LogP contribution in [-0.4, -0.2) is 45.6 Å². The Hall–Kier alpha value is -3.53. The van der Waals surface area contributed by atoms with E-state index < -0.39 is 11.9 Å². The highest BCUT2D eigenvalue weighted by Gasteiger charge is 2.30. The molecular weight excluding hydrogens is 406 g/mol. The largest absolute Gasteiger partial charge is 0.507 e. The van der Waals surface area contributed by atoms with Crippen LogP contribution in [0.4, 0.5) is 0 Å². The zero-order valence-corrected chi connectivity index (χ0v) is 16.1. The van der Waals surface area contributed by atoms with Crippen LogP contribution in [0.5, 0.6) is 11.5 Å². The maximum atomic E-state index is 12.4. The number of rotatable bonds is 6. The van der Waals surface area contributed by atoms with Crippen LogP contribution < -0.4 is 5.32 Å². The van der Waals surface area contributed by atoms with E-state index in [0.717, 1.165) is 6.07 Å². The third-order valence-corrected chi connectivity index (χ3v) is 4.10. The zero-order valence-electron chi connectivity index (χ0n) is 15.4. The van der Waals surface area contributed by atoms with Crippen LogP contribution >= 0.6 is 11.6 Å². The van der Waals surface area contributed by atoms with Crippen molar-refractivity contribution in [3.8, 4) is 34.1 Å². The summed E-state index contributed by atoms with van der Waals surface area (Å²) >= 11 is 5.93. The summed E-state index contributed by atoms with van der Waals surface area (Å²) in [4.78, 5) is 24.3. The van der Waals surface area contributed by atoms with Gasteiger partial charge >= 0.3 is 5.97 Å². The van der Waals surface area contributed by atoms with Crippen molar-refractivity contribution in [1.82, 2.24) is 15.6 Å². The summed E-state index contributed by atoms with van der Waals surface area (Å²) < 4.78 is 15.4. The number of aromatic nitrogens is 2. The molecule has 0 radical (unpaired) electrons. The van der Waals surface area contributed by atoms with Crippen molar-refractivity contribution in [2.75, 3.05) is 13.2 Å².